The summed E-state index contributed by atoms with van der Waals surface area (Å²) in [6.45, 7) is 11.5. The second-order valence-electron chi connectivity index (χ2n) is 6.20. The third-order valence-electron chi connectivity index (χ3n) is 4.03. The summed E-state index contributed by atoms with van der Waals surface area (Å²) in [5.74, 6) is 0. The Morgan fingerprint density at radius 3 is 2.45 bits per heavy atom. The van der Waals surface area contributed by atoms with Gasteiger partial charge in [-0.1, -0.05) is 12.1 Å². The molecule has 22 heavy (non-hydrogen) atoms. The highest BCUT2D eigenvalue weighted by Gasteiger charge is 2.14. The highest BCUT2D eigenvalue weighted by atomic mass is 16.5. The fraction of sp³-hybridized carbons (Fsp3) is 0.611. The molecule has 4 heteroatoms. The van der Waals surface area contributed by atoms with Crippen molar-refractivity contribution in [2.45, 2.75) is 32.9 Å². The molecule has 0 amide bonds. The number of ether oxygens (including phenoxy) is 1. The van der Waals surface area contributed by atoms with Crippen molar-refractivity contribution in [1.82, 2.24) is 9.80 Å². The van der Waals surface area contributed by atoms with Gasteiger partial charge in [0, 0.05) is 26.2 Å². The lowest BCUT2D eigenvalue weighted by molar-refractivity contribution is 0.0597. The van der Waals surface area contributed by atoms with Crippen molar-refractivity contribution >= 4 is 0 Å². The lowest BCUT2D eigenvalue weighted by atomic mass is 10.1. The summed E-state index contributed by atoms with van der Waals surface area (Å²) in [5, 5.41) is 8.85. The van der Waals surface area contributed by atoms with Crippen LogP contribution in [0.1, 0.15) is 31.4 Å². The predicted octanol–water partition coefficient (Wildman–Crippen LogP) is 2.49. The standard InChI is InChI=1S/C18H27N3O/c1-16(2)22-13-12-20-8-3-9-21(11-10-20)15-18-6-4-17(14-19)5-7-18/h4-7,16H,3,8-13,15H2,1-2H3. The Morgan fingerprint density at radius 2 is 1.77 bits per heavy atom. The van der Waals surface area contributed by atoms with Gasteiger partial charge in [-0.15, -0.1) is 0 Å². The molecule has 120 valence electrons. The molecule has 0 unspecified atom stereocenters. The van der Waals surface area contributed by atoms with Gasteiger partial charge < -0.3 is 4.74 Å². The molecular weight excluding hydrogens is 274 g/mol. The smallest absolute Gasteiger partial charge is 0.0991 e. The first kappa shape index (κ1) is 17.0. The molecule has 0 atom stereocenters. The number of nitriles is 1. The minimum absolute atomic E-state index is 0.319. The molecule has 1 fully saturated rings. The molecule has 1 saturated heterocycles. The van der Waals surface area contributed by atoms with Gasteiger partial charge in [0.05, 0.1) is 24.3 Å². The first-order valence-electron chi connectivity index (χ1n) is 8.22. The Bertz CT molecular complexity index is 478. The number of benzene rings is 1. The maximum Gasteiger partial charge on any atom is 0.0991 e. The van der Waals surface area contributed by atoms with Gasteiger partial charge in [0.15, 0.2) is 0 Å². The monoisotopic (exact) mass is 301 g/mol. The van der Waals surface area contributed by atoms with Crippen molar-refractivity contribution in [3.05, 3.63) is 35.4 Å². The van der Waals surface area contributed by atoms with Crippen molar-refractivity contribution in [2.24, 2.45) is 0 Å². The summed E-state index contributed by atoms with van der Waals surface area (Å²) in [4.78, 5) is 5.01. The highest BCUT2D eigenvalue weighted by molar-refractivity contribution is 5.31. The van der Waals surface area contributed by atoms with Crippen LogP contribution in [0.2, 0.25) is 0 Å². The van der Waals surface area contributed by atoms with E-state index in [-0.39, 0.29) is 0 Å². The van der Waals surface area contributed by atoms with Crippen LogP contribution in [0.4, 0.5) is 0 Å². The molecule has 0 radical (unpaired) electrons. The third-order valence-corrected chi connectivity index (χ3v) is 4.03. The fourth-order valence-corrected chi connectivity index (χ4v) is 2.77. The van der Waals surface area contributed by atoms with Crippen molar-refractivity contribution in [3.63, 3.8) is 0 Å². The van der Waals surface area contributed by atoms with Gasteiger partial charge in [-0.3, -0.25) is 9.80 Å². The van der Waals surface area contributed by atoms with Gasteiger partial charge in [-0.2, -0.15) is 5.26 Å². The van der Waals surface area contributed by atoms with Crippen LogP contribution >= 0.6 is 0 Å². The van der Waals surface area contributed by atoms with Gasteiger partial charge in [-0.25, -0.2) is 0 Å². The largest absolute Gasteiger partial charge is 0.377 e. The summed E-state index contributed by atoms with van der Waals surface area (Å²) >= 11 is 0. The van der Waals surface area contributed by atoms with E-state index in [2.05, 4.69) is 41.8 Å². The Kier molecular flexibility index (Phi) is 6.85. The van der Waals surface area contributed by atoms with Crippen molar-refractivity contribution in [3.8, 4) is 6.07 Å². The number of hydrogen-bond acceptors (Lipinski definition) is 4. The zero-order chi connectivity index (χ0) is 15.8. The Hall–Kier alpha value is -1.41. The average Bonchev–Trinajstić information content (AvgIpc) is 2.73. The summed E-state index contributed by atoms with van der Waals surface area (Å²) in [7, 11) is 0. The van der Waals surface area contributed by atoms with Crippen molar-refractivity contribution < 1.29 is 4.74 Å². The highest BCUT2D eigenvalue weighted by Crippen LogP contribution is 2.10. The van der Waals surface area contributed by atoms with Crippen LogP contribution in [0.3, 0.4) is 0 Å². The fourth-order valence-electron chi connectivity index (χ4n) is 2.77. The summed E-state index contributed by atoms with van der Waals surface area (Å²) in [6, 6.07) is 10.1. The summed E-state index contributed by atoms with van der Waals surface area (Å²) in [6.07, 6.45) is 1.53. The Labute approximate surface area is 134 Å². The third kappa shape index (κ3) is 5.76. The predicted molar refractivity (Wildman–Crippen MR) is 88.6 cm³/mol. The number of hydrogen-bond donors (Lipinski definition) is 0. The first-order valence-corrected chi connectivity index (χ1v) is 8.22. The minimum Gasteiger partial charge on any atom is -0.377 e. The van der Waals surface area contributed by atoms with Gasteiger partial charge in [0.2, 0.25) is 0 Å². The van der Waals surface area contributed by atoms with Gasteiger partial charge >= 0.3 is 0 Å². The van der Waals surface area contributed by atoms with Crippen molar-refractivity contribution in [2.75, 3.05) is 39.3 Å². The van der Waals surface area contributed by atoms with Crippen molar-refractivity contribution in [1.29, 1.82) is 5.26 Å². The van der Waals surface area contributed by atoms with Crippen LogP contribution in [-0.4, -0.2) is 55.2 Å². The molecule has 2 rings (SSSR count). The van der Waals surface area contributed by atoms with E-state index in [0.29, 0.717) is 6.10 Å². The first-order chi connectivity index (χ1) is 10.7. The average molecular weight is 301 g/mol. The zero-order valence-corrected chi connectivity index (χ0v) is 13.8. The quantitative estimate of drug-likeness (QED) is 0.809. The molecule has 0 aromatic heterocycles. The van der Waals surface area contributed by atoms with E-state index in [0.717, 1.165) is 51.4 Å². The van der Waals surface area contributed by atoms with Crippen LogP contribution in [-0.2, 0) is 11.3 Å². The topological polar surface area (TPSA) is 39.5 Å². The molecule has 1 aliphatic rings. The molecule has 4 nitrogen and oxygen atoms in total. The summed E-state index contributed by atoms with van der Waals surface area (Å²) in [5.41, 5.74) is 2.02. The van der Waals surface area contributed by atoms with Crippen LogP contribution in [0.25, 0.3) is 0 Å². The van der Waals surface area contributed by atoms with E-state index in [1.54, 1.807) is 0 Å². The summed E-state index contributed by atoms with van der Waals surface area (Å²) < 4.78 is 5.65. The van der Waals surface area contributed by atoms with E-state index in [4.69, 9.17) is 10.00 Å². The molecule has 1 heterocycles. The van der Waals surface area contributed by atoms with E-state index < -0.39 is 0 Å². The molecule has 1 aliphatic heterocycles. The second-order valence-corrected chi connectivity index (χ2v) is 6.20. The molecule has 1 aromatic rings. The lowest BCUT2D eigenvalue weighted by Gasteiger charge is -2.22. The van der Waals surface area contributed by atoms with Crippen LogP contribution in [0, 0.1) is 11.3 Å². The minimum atomic E-state index is 0.319. The molecule has 0 N–H and O–H groups in total. The molecule has 1 aromatic carbocycles. The number of rotatable bonds is 6. The van der Waals surface area contributed by atoms with Crippen LogP contribution in [0.15, 0.2) is 24.3 Å². The normalized spacial score (nSPS) is 17.4. The van der Waals surface area contributed by atoms with E-state index in [1.165, 1.54) is 12.0 Å². The van der Waals surface area contributed by atoms with E-state index in [1.807, 2.05) is 12.1 Å². The Balaban J connectivity index is 1.76. The molecule has 0 aliphatic carbocycles. The lowest BCUT2D eigenvalue weighted by Crippen LogP contribution is -2.33. The van der Waals surface area contributed by atoms with E-state index in [9.17, 15) is 0 Å². The maximum atomic E-state index is 8.85. The Morgan fingerprint density at radius 1 is 1.09 bits per heavy atom. The van der Waals surface area contributed by atoms with E-state index >= 15 is 0 Å². The van der Waals surface area contributed by atoms with Gasteiger partial charge in [0.1, 0.15) is 0 Å². The number of nitrogens with zero attached hydrogens (tertiary/aromatic N) is 3. The second kappa shape index (κ2) is 8.89. The zero-order valence-electron chi connectivity index (χ0n) is 13.8. The van der Waals surface area contributed by atoms with Gasteiger partial charge in [-0.05, 0) is 51.1 Å². The van der Waals surface area contributed by atoms with Gasteiger partial charge in [0.25, 0.3) is 0 Å². The molecular formula is C18H27N3O. The van der Waals surface area contributed by atoms with Crippen LogP contribution < -0.4 is 0 Å². The molecule has 0 spiro atoms. The SMILES string of the molecule is CC(C)OCCN1CCCN(Cc2ccc(C#N)cc2)CC1. The van der Waals surface area contributed by atoms with Crippen LogP contribution in [0.5, 0.6) is 0 Å². The molecule has 0 bridgehead atoms. The molecule has 0 saturated carbocycles. The maximum absolute atomic E-state index is 8.85.